The van der Waals surface area contributed by atoms with Gasteiger partial charge in [-0.25, -0.2) is 19.4 Å². The summed E-state index contributed by atoms with van der Waals surface area (Å²) in [4.78, 5) is 22.8. The van der Waals surface area contributed by atoms with Crippen LogP contribution in [0.2, 0.25) is 0 Å². The van der Waals surface area contributed by atoms with E-state index in [9.17, 15) is 18.0 Å². The molecule has 2 aliphatic rings. The summed E-state index contributed by atoms with van der Waals surface area (Å²) in [6.07, 6.45) is -2.89. The second-order valence-corrected chi connectivity index (χ2v) is 8.08. The van der Waals surface area contributed by atoms with E-state index in [1.165, 1.54) is 6.20 Å². The highest BCUT2D eigenvalue weighted by molar-refractivity contribution is 5.89. The lowest BCUT2D eigenvalue weighted by Crippen LogP contribution is -2.37. The first-order valence-electron chi connectivity index (χ1n) is 10.6. The van der Waals surface area contributed by atoms with Crippen LogP contribution in [0.15, 0.2) is 30.5 Å². The molecule has 0 saturated carbocycles. The smallest absolute Gasteiger partial charge is 0.411 e. The number of hydrogen-bond acceptors (Lipinski definition) is 8. The SMILES string of the molecule is O=C(Nc1ccc(-c2nc(N3C[C@@H]4C[C@H]3CO4)c3cnn(CC(F)(F)F)c3n2)cc1)OCCO. The van der Waals surface area contributed by atoms with Gasteiger partial charge in [0.25, 0.3) is 0 Å². The van der Waals surface area contributed by atoms with Crippen LogP contribution in [0.25, 0.3) is 22.4 Å². The number of aromatic nitrogens is 4. The number of nitrogens with one attached hydrogen (secondary N) is 1. The van der Waals surface area contributed by atoms with Crippen molar-refractivity contribution in [1.82, 2.24) is 19.7 Å². The van der Waals surface area contributed by atoms with Gasteiger partial charge in [-0.15, -0.1) is 0 Å². The lowest BCUT2D eigenvalue weighted by Gasteiger charge is -2.28. The average molecular weight is 478 g/mol. The molecule has 34 heavy (non-hydrogen) atoms. The lowest BCUT2D eigenvalue weighted by atomic mass is 10.2. The minimum atomic E-state index is -4.46. The molecule has 2 fully saturated rings. The van der Waals surface area contributed by atoms with Gasteiger partial charge in [-0.05, 0) is 30.7 Å². The van der Waals surface area contributed by atoms with Gasteiger partial charge in [-0.3, -0.25) is 5.32 Å². The first-order chi connectivity index (χ1) is 16.3. The van der Waals surface area contributed by atoms with E-state index >= 15 is 0 Å². The topological polar surface area (TPSA) is 115 Å². The number of amides is 1. The molecule has 2 saturated heterocycles. The minimum Gasteiger partial charge on any atom is -0.447 e. The highest BCUT2D eigenvalue weighted by atomic mass is 19.4. The molecule has 0 radical (unpaired) electrons. The first kappa shape index (κ1) is 22.3. The van der Waals surface area contributed by atoms with Crippen LogP contribution in [0, 0.1) is 0 Å². The number of alkyl halides is 3. The van der Waals surface area contributed by atoms with Crippen LogP contribution >= 0.6 is 0 Å². The Balaban J connectivity index is 1.50. The Bertz CT molecular complexity index is 1200. The van der Waals surface area contributed by atoms with Crippen molar-refractivity contribution < 1.29 is 32.5 Å². The quantitative estimate of drug-likeness (QED) is 0.556. The van der Waals surface area contributed by atoms with Crippen molar-refractivity contribution in [2.24, 2.45) is 0 Å². The Morgan fingerprint density at radius 1 is 1.26 bits per heavy atom. The van der Waals surface area contributed by atoms with Crippen LogP contribution in [0.1, 0.15) is 6.42 Å². The molecule has 3 aromatic rings. The van der Waals surface area contributed by atoms with E-state index in [0.717, 1.165) is 11.1 Å². The normalized spacial score (nSPS) is 19.7. The molecule has 10 nitrogen and oxygen atoms in total. The molecule has 2 atom stereocenters. The van der Waals surface area contributed by atoms with Crippen LogP contribution in [-0.4, -0.2) is 75.6 Å². The third kappa shape index (κ3) is 4.48. The fraction of sp³-hybridized carbons (Fsp3) is 0.429. The fourth-order valence-electron chi connectivity index (χ4n) is 4.23. The van der Waals surface area contributed by atoms with Gasteiger partial charge in [0.1, 0.15) is 19.0 Å². The van der Waals surface area contributed by atoms with Crippen molar-refractivity contribution in [3.8, 4) is 11.4 Å². The van der Waals surface area contributed by atoms with Crippen molar-refractivity contribution in [2.45, 2.75) is 31.3 Å². The Kier molecular flexibility index (Phi) is 5.73. The molecular formula is C21H21F3N6O4. The second kappa shape index (κ2) is 8.72. The molecule has 0 unspecified atom stereocenters. The summed E-state index contributed by atoms with van der Waals surface area (Å²) < 4.78 is 50.6. The maximum absolute atomic E-state index is 13.1. The molecule has 180 valence electrons. The maximum Gasteiger partial charge on any atom is 0.411 e. The van der Waals surface area contributed by atoms with Crippen molar-refractivity contribution >= 4 is 28.6 Å². The fourth-order valence-corrected chi connectivity index (χ4v) is 4.23. The zero-order chi connectivity index (χ0) is 23.9. The summed E-state index contributed by atoms with van der Waals surface area (Å²) in [6.45, 7) is -0.547. The largest absolute Gasteiger partial charge is 0.447 e. The zero-order valence-corrected chi connectivity index (χ0v) is 17.8. The summed E-state index contributed by atoms with van der Waals surface area (Å²) in [7, 11) is 0. The number of anilines is 2. The molecule has 0 spiro atoms. The zero-order valence-electron chi connectivity index (χ0n) is 17.8. The number of ether oxygens (including phenoxy) is 2. The van der Waals surface area contributed by atoms with Gasteiger partial charge < -0.3 is 19.5 Å². The van der Waals surface area contributed by atoms with E-state index in [1.54, 1.807) is 24.3 Å². The van der Waals surface area contributed by atoms with Gasteiger partial charge in [0.15, 0.2) is 11.5 Å². The van der Waals surface area contributed by atoms with Gasteiger partial charge in [0.05, 0.1) is 36.9 Å². The molecule has 2 aliphatic heterocycles. The van der Waals surface area contributed by atoms with E-state index in [4.69, 9.17) is 19.6 Å². The number of halogens is 3. The van der Waals surface area contributed by atoms with E-state index < -0.39 is 18.8 Å². The number of nitrogens with zero attached hydrogens (tertiary/aromatic N) is 5. The molecule has 0 aliphatic carbocycles. The van der Waals surface area contributed by atoms with Gasteiger partial charge >= 0.3 is 12.3 Å². The van der Waals surface area contributed by atoms with Crippen LogP contribution in [0.4, 0.5) is 29.5 Å². The number of carbonyl (C=O) groups is 1. The highest BCUT2D eigenvalue weighted by Crippen LogP contribution is 2.36. The molecule has 5 rings (SSSR count). The standard InChI is InChI=1S/C21H21F3N6O4/c22-21(23,24)11-30-19-16(8-25-30)18(29-9-15-7-14(29)10-34-15)27-17(28-19)12-1-3-13(4-2-12)26-20(32)33-6-5-31/h1-4,8,14-15,31H,5-7,9-11H2,(H,26,32)/t14-,15-/m0/s1. The van der Waals surface area contributed by atoms with Gasteiger partial charge in [0.2, 0.25) is 0 Å². The number of morpholine rings is 1. The van der Waals surface area contributed by atoms with Crippen molar-refractivity contribution in [3.63, 3.8) is 0 Å². The number of rotatable bonds is 6. The monoisotopic (exact) mass is 478 g/mol. The van der Waals surface area contributed by atoms with Crippen LogP contribution in [-0.2, 0) is 16.0 Å². The molecule has 2 bridgehead atoms. The first-order valence-corrected chi connectivity index (χ1v) is 10.6. The van der Waals surface area contributed by atoms with E-state index in [-0.39, 0.29) is 36.8 Å². The molecule has 1 aromatic carbocycles. The number of benzene rings is 1. The Morgan fingerprint density at radius 3 is 2.71 bits per heavy atom. The lowest BCUT2D eigenvalue weighted by molar-refractivity contribution is -0.141. The van der Waals surface area contributed by atoms with E-state index in [1.807, 2.05) is 4.90 Å². The van der Waals surface area contributed by atoms with E-state index in [0.29, 0.717) is 35.6 Å². The maximum atomic E-state index is 13.1. The second-order valence-electron chi connectivity index (χ2n) is 8.08. The molecule has 4 heterocycles. The van der Waals surface area contributed by atoms with Gasteiger partial charge in [0, 0.05) is 17.8 Å². The Morgan fingerprint density at radius 2 is 2.06 bits per heavy atom. The van der Waals surface area contributed by atoms with Crippen molar-refractivity contribution in [3.05, 3.63) is 30.5 Å². The number of fused-ring (bicyclic) bond motifs is 3. The molecule has 1 amide bonds. The summed E-state index contributed by atoms with van der Waals surface area (Å²) in [6, 6.07) is 6.59. The third-order valence-electron chi connectivity index (χ3n) is 5.69. The number of carbonyl (C=O) groups excluding carboxylic acids is 1. The number of aliphatic hydroxyl groups is 1. The molecule has 13 heteroatoms. The predicted molar refractivity (Wildman–Crippen MR) is 114 cm³/mol. The summed E-state index contributed by atoms with van der Waals surface area (Å²) >= 11 is 0. The summed E-state index contributed by atoms with van der Waals surface area (Å²) in [5, 5.41) is 15.6. The number of aliphatic hydroxyl groups excluding tert-OH is 1. The average Bonchev–Trinajstić information content (AvgIpc) is 3.53. The summed E-state index contributed by atoms with van der Waals surface area (Å²) in [5.74, 6) is 0.767. The Labute approximate surface area is 191 Å². The van der Waals surface area contributed by atoms with Crippen molar-refractivity contribution in [1.29, 1.82) is 0 Å². The van der Waals surface area contributed by atoms with E-state index in [2.05, 4.69) is 15.4 Å². The highest BCUT2D eigenvalue weighted by Gasteiger charge is 2.41. The number of hydrogen-bond donors (Lipinski definition) is 2. The molecule has 2 aromatic heterocycles. The van der Waals surface area contributed by atoms with Gasteiger partial charge in [-0.2, -0.15) is 18.3 Å². The van der Waals surface area contributed by atoms with Crippen LogP contribution < -0.4 is 10.2 Å². The van der Waals surface area contributed by atoms with Crippen LogP contribution in [0.3, 0.4) is 0 Å². The minimum absolute atomic E-state index is 0.0691. The predicted octanol–water partition coefficient (Wildman–Crippen LogP) is 2.57. The van der Waals surface area contributed by atoms with Crippen molar-refractivity contribution in [2.75, 3.05) is 36.6 Å². The Hall–Kier alpha value is -3.45. The van der Waals surface area contributed by atoms with Crippen LogP contribution in [0.5, 0.6) is 0 Å². The summed E-state index contributed by atoms with van der Waals surface area (Å²) in [5.41, 5.74) is 1.08. The third-order valence-corrected chi connectivity index (χ3v) is 5.69. The van der Waals surface area contributed by atoms with Gasteiger partial charge in [-0.1, -0.05) is 0 Å². The molecule has 2 N–H and O–H groups in total. The molecular weight excluding hydrogens is 457 g/mol.